The second-order valence-corrected chi connectivity index (χ2v) is 17.4. The average molecular weight is 494 g/mol. The van der Waals surface area contributed by atoms with Crippen molar-refractivity contribution < 1.29 is 8.63 Å². The topological polar surface area (TPSA) is 38.3 Å². The molecule has 182 valence electrons. The van der Waals surface area contributed by atoms with Crippen LogP contribution in [0.15, 0.2) is 91.0 Å². The van der Waals surface area contributed by atoms with Crippen LogP contribution in [0.1, 0.15) is 54.0 Å². The second-order valence-electron chi connectivity index (χ2n) is 11.1. The summed E-state index contributed by atoms with van der Waals surface area (Å²) in [5, 5.41) is 2.35. The lowest BCUT2D eigenvalue weighted by molar-refractivity contribution is 0.206. The average Bonchev–Trinajstić information content (AvgIpc) is 2.80. The Balaban J connectivity index is 2.13. The summed E-state index contributed by atoms with van der Waals surface area (Å²) in [6, 6.07) is 31.5. The van der Waals surface area contributed by atoms with Gasteiger partial charge in [-0.15, -0.1) is 0 Å². The van der Waals surface area contributed by atoms with Gasteiger partial charge in [0.15, 0.2) is 0 Å². The maximum atomic E-state index is 13.3. The Morgan fingerprint density at radius 3 is 1.50 bits per heavy atom. The van der Waals surface area contributed by atoms with E-state index in [1.165, 1.54) is 10.4 Å². The van der Waals surface area contributed by atoms with E-state index in [0.29, 0.717) is 6.61 Å². The molecule has 0 spiro atoms. The smallest absolute Gasteiger partial charge is 0.261 e. The van der Waals surface area contributed by atoms with Gasteiger partial charge < -0.3 is 4.43 Å². The molecular formula is C29H39NO2SSi. The van der Waals surface area contributed by atoms with Crippen molar-refractivity contribution in [2.45, 2.75) is 63.8 Å². The Bertz CT molecular complexity index is 1040. The van der Waals surface area contributed by atoms with Crippen LogP contribution in [0.5, 0.6) is 0 Å². The van der Waals surface area contributed by atoms with E-state index in [1.54, 1.807) is 0 Å². The largest absolute Gasteiger partial charge is 0.405 e. The van der Waals surface area contributed by atoms with E-state index in [-0.39, 0.29) is 5.04 Å². The van der Waals surface area contributed by atoms with Crippen LogP contribution in [0.4, 0.5) is 0 Å². The highest BCUT2D eigenvalue weighted by molar-refractivity contribution is 7.84. The van der Waals surface area contributed by atoms with Crippen molar-refractivity contribution in [2.75, 3.05) is 6.61 Å². The number of benzene rings is 3. The first-order chi connectivity index (χ1) is 15.9. The molecule has 0 bridgehead atoms. The molecule has 0 aliphatic heterocycles. The molecule has 0 amide bonds. The molecule has 3 nitrogen and oxygen atoms in total. The molecule has 2 atom stereocenters. The normalized spacial score (nSPS) is 15.5. The first-order valence-corrected chi connectivity index (χ1v) is 15.0. The van der Waals surface area contributed by atoms with E-state index >= 15 is 0 Å². The Kier molecular flexibility index (Phi) is 8.03. The van der Waals surface area contributed by atoms with Gasteiger partial charge in [0.2, 0.25) is 0 Å². The molecule has 3 aromatic carbocycles. The molecule has 3 aromatic rings. The minimum Gasteiger partial charge on any atom is -0.405 e. The molecular weight excluding hydrogens is 454 g/mol. The first kappa shape index (κ1) is 26.5. The van der Waals surface area contributed by atoms with E-state index in [9.17, 15) is 4.21 Å². The molecule has 0 unspecified atom stereocenters. The minimum atomic E-state index is -2.73. The molecule has 0 saturated carbocycles. The van der Waals surface area contributed by atoms with Gasteiger partial charge in [-0.1, -0.05) is 112 Å². The third kappa shape index (κ3) is 5.60. The van der Waals surface area contributed by atoms with Crippen molar-refractivity contribution in [3.63, 3.8) is 0 Å². The summed E-state index contributed by atoms with van der Waals surface area (Å²) in [7, 11) is -3.99. The maximum absolute atomic E-state index is 13.3. The lowest BCUT2D eigenvalue weighted by Crippen LogP contribution is -2.68. The fourth-order valence-corrected chi connectivity index (χ4v) is 9.90. The van der Waals surface area contributed by atoms with Crippen LogP contribution in [0, 0.1) is 0 Å². The maximum Gasteiger partial charge on any atom is 0.261 e. The van der Waals surface area contributed by atoms with Gasteiger partial charge in [-0.05, 0) is 48.7 Å². The Labute approximate surface area is 209 Å². The number of hydrogen-bond acceptors (Lipinski definition) is 2. The predicted octanol–water partition coefficient (Wildman–Crippen LogP) is 5.53. The van der Waals surface area contributed by atoms with Gasteiger partial charge in [0, 0.05) is 0 Å². The highest BCUT2D eigenvalue weighted by Gasteiger charge is 2.51. The summed E-state index contributed by atoms with van der Waals surface area (Å²) in [6.45, 7) is 15.3. The molecule has 3 rings (SSSR count). The van der Waals surface area contributed by atoms with Crippen LogP contribution in [-0.4, -0.2) is 23.9 Å². The third-order valence-corrected chi connectivity index (χ3v) is 13.0. The fourth-order valence-electron chi connectivity index (χ4n) is 4.35. The SMILES string of the molecule is CC(C)(C)[S@](=O)N[C@@](C)(CO[Si](c1ccccc1)(c1ccccc1)C(C)(C)C)c1ccccc1. The summed E-state index contributed by atoms with van der Waals surface area (Å²) in [5.41, 5.74) is 0.428. The van der Waals surface area contributed by atoms with E-state index < -0.39 is 29.6 Å². The molecule has 0 aromatic heterocycles. The van der Waals surface area contributed by atoms with E-state index in [2.05, 4.69) is 105 Å². The van der Waals surface area contributed by atoms with Gasteiger partial charge in [0.05, 0.1) is 27.9 Å². The lowest BCUT2D eigenvalue weighted by Gasteiger charge is -2.45. The number of rotatable bonds is 8. The predicted molar refractivity (Wildman–Crippen MR) is 148 cm³/mol. The fraction of sp³-hybridized carbons (Fsp3) is 0.379. The zero-order chi connectivity index (χ0) is 25.0. The molecule has 0 fully saturated rings. The van der Waals surface area contributed by atoms with Crippen LogP contribution < -0.4 is 15.1 Å². The Hall–Kier alpha value is -2.05. The molecule has 0 aliphatic carbocycles. The number of hydrogen-bond donors (Lipinski definition) is 1. The van der Waals surface area contributed by atoms with Crippen molar-refractivity contribution in [1.29, 1.82) is 0 Å². The van der Waals surface area contributed by atoms with Crippen molar-refractivity contribution in [3.05, 3.63) is 96.6 Å². The van der Waals surface area contributed by atoms with Crippen molar-refractivity contribution in [1.82, 2.24) is 4.72 Å². The Morgan fingerprint density at radius 2 is 1.12 bits per heavy atom. The monoisotopic (exact) mass is 493 g/mol. The summed E-state index contributed by atoms with van der Waals surface area (Å²) < 4.78 is 23.6. The zero-order valence-electron chi connectivity index (χ0n) is 21.6. The first-order valence-electron chi connectivity index (χ1n) is 11.9. The van der Waals surface area contributed by atoms with Crippen molar-refractivity contribution in [2.24, 2.45) is 0 Å². The lowest BCUT2D eigenvalue weighted by atomic mass is 9.94. The van der Waals surface area contributed by atoms with Crippen LogP contribution in [0.25, 0.3) is 0 Å². The summed E-state index contributed by atoms with van der Waals surface area (Å²) >= 11 is 0. The zero-order valence-corrected chi connectivity index (χ0v) is 23.4. The molecule has 0 aliphatic rings. The molecule has 34 heavy (non-hydrogen) atoms. The Morgan fingerprint density at radius 1 is 0.706 bits per heavy atom. The van der Waals surface area contributed by atoms with Crippen LogP contribution in [-0.2, 0) is 21.0 Å². The number of nitrogens with one attached hydrogen (secondary N) is 1. The summed E-state index contributed by atoms with van der Waals surface area (Å²) in [6.07, 6.45) is 0. The van der Waals surface area contributed by atoms with Gasteiger partial charge in [0.25, 0.3) is 8.32 Å². The molecule has 5 heteroatoms. The van der Waals surface area contributed by atoms with E-state index in [0.717, 1.165) is 5.56 Å². The third-order valence-electron chi connectivity index (χ3n) is 6.28. The van der Waals surface area contributed by atoms with Gasteiger partial charge >= 0.3 is 0 Å². The quantitative estimate of drug-likeness (QED) is 0.419. The molecule has 0 radical (unpaired) electrons. The van der Waals surface area contributed by atoms with Crippen molar-refractivity contribution in [3.8, 4) is 0 Å². The molecule has 0 saturated heterocycles. The standard InChI is InChI=1S/C29H39NO2SSi/c1-27(2,3)33(31)30-29(7,24-17-11-8-12-18-24)23-32-34(28(4,5)6,25-19-13-9-14-20-25)26-21-15-10-16-22-26/h8-22,30H,23H2,1-7H3/t29-,33-/m0/s1. The van der Waals surface area contributed by atoms with E-state index in [1.807, 2.05) is 39.0 Å². The van der Waals surface area contributed by atoms with Crippen LogP contribution in [0.3, 0.4) is 0 Å². The summed E-state index contributed by atoms with van der Waals surface area (Å²) in [4.78, 5) is 0. The van der Waals surface area contributed by atoms with Crippen LogP contribution in [0.2, 0.25) is 5.04 Å². The molecule has 1 N–H and O–H groups in total. The summed E-state index contributed by atoms with van der Waals surface area (Å²) in [5.74, 6) is 0. The van der Waals surface area contributed by atoms with Gasteiger partial charge in [-0.2, -0.15) is 0 Å². The molecule has 0 heterocycles. The van der Waals surface area contributed by atoms with Crippen molar-refractivity contribution >= 4 is 29.7 Å². The highest BCUT2D eigenvalue weighted by Crippen LogP contribution is 2.38. The minimum absolute atomic E-state index is 0.128. The van der Waals surface area contributed by atoms with Gasteiger partial charge in [0.1, 0.15) is 0 Å². The van der Waals surface area contributed by atoms with Gasteiger partial charge in [-0.25, -0.2) is 8.93 Å². The van der Waals surface area contributed by atoms with Gasteiger partial charge in [-0.3, -0.25) is 0 Å². The highest BCUT2D eigenvalue weighted by atomic mass is 32.2. The second kappa shape index (κ2) is 10.3. The van der Waals surface area contributed by atoms with E-state index in [4.69, 9.17) is 4.43 Å². The van der Waals surface area contributed by atoms with Crippen LogP contribution >= 0.6 is 0 Å².